The molecule has 0 saturated heterocycles. The van der Waals surface area contributed by atoms with Crippen LogP contribution >= 0.6 is 0 Å². The van der Waals surface area contributed by atoms with Crippen LogP contribution in [0.4, 0.5) is 0 Å². The van der Waals surface area contributed by atoms with E-state index >= 15 is 0 Å². The van der Waals surface area contributed by atoms with E-state index in [4.69, 9.17) is 4.42 Å². The first kappa shape index (κ1) is 12.3. The minimum Gasteiger partial charge on any atom is -0.464 e. The SMILES string of the molecule is CC(C)NC(=O)Cc1coc2cc3c(cc12)CCC3. The van der Waals surface area contributed by atoms with Gasteiger partial charge in [-0.25, -0.2) is 0 Å². The van der Waals surface area contributed by atoms with Gasteiger partial charge in [0.05, 0.1) is 12.7 Å². The number of nitrogens with one attached hydrogen (secondary N) is 1. The van der Waals surface area contributed by atoms with Crippen molar-refractivity contribution < 1.29 is 9.21 Å². The maximum atomic E-state index is 11.8. The van der Waals surface area contributed by atoms with E-state index in [1.54, 1.807) is 6.26 Å². The zero-order chi connectivity index (χ0) is 13.4. The fourth-order valence-corrected chi connectivity index (χ4v) is 2.83. The van der Waals surface area contributed by atoms with Crippen LogP contribution in [0.25, 0.3) is 11.0 Å². The molecule has 1 aliphatic rings. The summed E-state index contributed by atoms with van der Waals surface area (Å²) in [5.41, 5.74) is 4.72. The van der Waals surface area contributed by atoms with E-state index in [0.29, 0.717) is 6.42 Å². The molecule has 1 aromatic carbocycles. The van der Waals surface area contributed by atoms with Gasteiger partial charge in [-0.15, -0.1) is 0 Å². The third-order valence-electron chi connectivity index (χ3n) is 3.67. The molecule has 1 aromatic heterocycles. The van der Waals surface area contributed by atoms with Crippen molar-refractivity contribution in [3.05, 3.63) is 35.1 Å². The van der Waals surface area contributed by atoms with Gasteiger partial charge in [-0.3, -0.25) is 4.79 Å². The predicted octanol–water partition coefficient (Wildman–Crippen LogP) is 2.99. The molecule has 1 heterocycles. The number of aryl methyl sites for hydroxylation is 2. The molecule has 100 valence electrons. The van der Waals surface area contributed by atoms with Gasteiger partial charge in [-0.2, -0.15) is 0 Å². The van der Waals surface area contributed by atoms with E-state index in [-0.39, 0.29) is 11.9 Å². The third-order valence-corrected chi connectivity index (χ3v) is 3.67. The summed E-state index contributed by atoms with van der Waals surface area (Å²) < 4.78 is 5.60. The van der Waals surface area contributed by atoms with E-state index < -0.39 is 0 Å². The van der Waals surface area contributed by atoms with Crippen molar-refractivity contribution in [2.75, 3.05) is 0 Å². The van der Waals surface area contributed by atoms with Crippen LogP contribution in [-0.2, 0) is 24.1 Å². The average molecular weight is 257 g/mol. The minimum atomic E-state index is 0.0539. The molecule has 19 heavy (non-hydrogen) atoms. The fraction of sp³-hybridized carbons (Fsp3) is 0.438. The summed E-state index contributed by atoms with van der Waals surface area (Å²) in [6, 6.07) is 4.52. The second-order valence-corrected chi connectivity index (χ2v) is 5.63. The van der Waals surface area contributed by atoms with Gasteiger partial charge < -0.3 is 9.73 Å². The summed E-state index contributed by atoms with van der Waals surface area (Å²) in [6.07, 6.45) is 5.64. The first-order chi connectivity index (χ1) is 9.13. The number of fused-ring (bicyclic) bond motifs is 2. The lowest BCUT2D eigenvalue weighted by atomic mass is 10.0. The Labute approximate surface area is 113 Å². The number of hydrogen-bond acceptors (Lipinski definition) is 2. The third kappa shape index (κ3) is 2.37. The van der Waals surface area contributed by atoms with Gasteiger partial charge in [0.15, 0.2) is 0 Å². The van der Waals surface area contributed by atoms with E-state index in [1.807, 2.05) is 13.8 Å². The van der Waals surface area contributed by atoms with Crippen LogP contribution in [-0.4, -0.2) is 11.9 Å². The summed E-state index contributed by atoms with van der Waals surface area (Å²) in [5, 5.41) is 4.01. The molecule has 2 aromatic rings. The molecule has 0 radical (unpaired) electrons. The van der Waals surface area contributed by atoms with Crippen molar-refractivity contribution in [3.8, 4) is 0 Å². The second-order valence-electron chi connectivity index (χ2n) is 5.63. The maximum absolute atomic E-state index is 11.8. The lowest BCUT2D eigenvalue weighted by Crippen LogP contribution is -2.31. The van der Waals surface area contributed by atoms with E-state index in [0.717, 1.165) is 29.4 Å². The van der Waals surface area contributed by atoms with Crippen LogP contribution in [0.5, 0.6) is 0 Å². The number of rotatable bonds is 3. The molecule has 0 bridgehead atoms. The van der Waals surface area contributed by atoms with Gasteiger partial charge in [0.25, 0.3) is 0 Å². The van der Waals surface area contributed by atoms with Crippen molar-refractivity contribution >= 4 is 16.9 Å². The van der Waals surface area contributed by atoms with Crippen LogP contribution < -0.4 is 5.32 Å². The summed E-state index contributed by atoms with van der Waals surface area (Å²) in [5.74, 6) is 0.0539. The van der Waals surface area contributed by atoms with Crippen LogP contribution in [0.2, 0.25) is 0 Å². The van der Waals surface area contributed by atoms with Gasteiger partial charge in [0.1, 0.15) is 5.58 Å². The van der Waals surface area contributed by atoms with E-state index in [1.165, 1.54) is 17.5 Å². The summed E-state index contributed by atoms with van der Waals surface area (Å²) in [4.78, 5) is 11.8. The topological polar surface area (TPSA) is 42.2 Å². The minimum absolute atomic E-state index is 0.0539. The lowest BCUT2D eigenvalue weighted by Gasteiger charge is -2.07. The molecule has 3 rings (SSSR count). The van der Waals surface area contributed by atoms with Gasteiger partial charge in [-0.1, -0.05) is 0 Å². The first-order valence-corrected chi connectivity index (χ1v) is 6.94. The zero-order valence-electron chi connectivity index (χ0n) is 11.5. The standard InChI is InChI=1S/C16H19NO2/c1-10(2)17-16(18)8-13-9-19-15-7-12-5-3-4-11(12)6-14(13)15/h6-7,9-10H,3-5,8H2,1-2H3,(H,17,18). The molecule has 3 nitrogen and oxygen atoms in total. The smallest absolute Gasteiger partial charge is 0.224 e. The molecule has 0 atom stereocenters. The molecule has 3 heteroatoms. The Morgan fingerprint density at radius 3 is 2.79 bits per heavy atom. The second kappa shape index (κ2) is 4.72. The molecule has 0 spiro atoms. The molecule has 1 N–H and O–H groups in total. The molecular formula is C16H19NO2. The summed E-state index contributed by atoms with van der Waals surface area (Å²) in [7, 11) is 0. The van der Waals surface area contributed by atoms with Crippen LogP contribution in [0, 0.1) is 0 Å². The Morgan fingerprint density at radius 2 is 2.05 bits per heavy atom. The highest BCUT2D eigenvalue weighted by Crippen LogP contribution is 2.30. The van der Waals surface area contributed by atoms with Crippen LogP contribution in [0.3, 0.4) is 0 Å². The van der Waals surface area contributed by atoms with Crippen molar-refractivity contribution in [1.82, 2.24) is 5.32 Å². The molecule has 0 unspecified atom stereocenters. The number of amides is 1. The molecule has 0 saturated carbocycles. The maximum Gasteiger partial charge on any atom is 0.224 e. The Kier molecular flexibility index (Phi) is 3.05. The van der Waals surface area contributed by atoms with Gasteiger partial charge in [-0.05, 0) is 56.4 Å². The highest BCUT2D eigenvalue weighted by molar-refractivity contribution is 5.88. The molecule has 1 aliphatic carbocycles. The van der Waals surface area contributed by atoms with Crippen molar-refractivity contribution in [1.29, 1.82) is 0 Å². The largest absolute Gasteiger partial charge is 0.464 e. The van der Waals surface area contributed by atoms with Crippen molar-refractivity contribution in [2.24, 2.45) is 0 Å². The molecular weight excluding hydrogens is 238 g/mol. The van der Waals surface area contributed by atoms with Gasteiger partial charge >= 0.3 is 0 Å². The van der Waals surface area contributed by atoms with E-state index in [2.05, 4.69) is 17.4 Å². The Balaban J connectivity index is 1.90. The predicted molar refractivity (Wildman–Crippen MR) is 75.2 cm³/mol. The quantitative estimate of drug-likeness (QED) is 0.918. The van der Waals surface area contributed by atoms with Crippen molar-refractivity contribution in [3.63, 3.8) is 0 Å². The van der Waals surface area contributed by atoms with Crippen LogP contribution in [0.1, 0.15) is 37.0 Å². The van der Waals surface area contributed by atoms with E-state index in [9.17, 15) is 4.79 Å². The molecule has 0 fully saturated rings. The summed E-state index contributed by atoms with van der Waals surface area (Å²) in [6.45, 7) is 3.94. The fourth-order valence-electron chi connectivity index (χ4n) is 2.83. The Hall–Kier alpha value is -1.77. The number of benzene rings is 1. The first-order valence-electron chi connectivity index (χ1n) is 6.94. The average Bonchev–Trinajstić information content (AvgIpc) is 2.92. The highest BCUT2D eigenvalue weighted by atomic mass is 16.3. The summed E-state index contributed by atoms with van der Waals surface area (Å²) >= 11 is 0. The van der Waals surface area contributed by atoms with Gasteiger partial charge in [0, 0.05) is 17.0 Å². The van der Waals surface area contributed by atoms with Crippen molar-refractivity contribution in [2.45, 2.75) is 45.6 Å². The zero-order valence-corrected chi connectivity index (χ0v) is 11.5. The normalized spacial score (nSPS) is 14.1. The van der Waals surface area contributed by atoms with Crippen LogP contribution in [0.15, 0.2) is 22.8 Å². The highest BCUT2D eigenvalue weighted by Gasteiger charge is 2.16. The Bertz CT molecular complexity index is 625. The number of furan rings is 1. The lowest BCUT2D eigenvalue weighted by molar-refractivity contribution is -0.120. The number of carbonyl (C=O) groups excluding carboxylic acids is 1. The van der Waals surface area contributed by atoms with Gasteiger partial charge in [0.2, 0.25) is 5.91 Å². The monoisotopic (exact) mass is 257 g/mol. The molecule has 0 aliphatic heterocycles. The Morgan fingerprint density at radius 1 is 1.32 bits per heavy atom. The number of hydrogen-bond donors (Lipinski definition) is 1. The molecule has 1 amide bonds. The number of carbonyl (C=O) groups is 1.